The molecule has 0 aliphatic carbocycles. The van der Waals surface area contributed by atoms with Crippen LogP contribution in [0.3, 0.4) is 0 Å². The molecule has 2 fully saturated rings. The van der Waals surface area contributed by atoms with Crippen molar-refractivity contribution in [3.63, 3.8) is 0 Å². The molecule has 1 atom stereocenters. The van der Waals surface area contributed by atoms with Crippen LogP contribution < -0.4 is 4.74 Å². The molecule has 0 aromatic carbocycles. The zero-order valence-electron chi connectivity index (χ0n) is 18.2. The summed E-state index contributed by atoms with van der Waals surface area (Å²) in [5.74, 6) is -0.0729. The first-order valence-electron chi connectivity index (χ1n) is 10.3. The Labute approximate surface area is 188 Å². The minimum Gasteiger partial charge on any atom is -0.492 e. The molecule has 4 heterocycles. The molecule has 1 unspecified atom stereocenters. The molecule has 0 bridgehead atoms. The van der Waals surface area contributed by atoms with Gasteiger partial charge in [0, 0.05) is 12.8 Å². The van der Waals surface area contributed by atoms with Crippen LogP contribution in [0, 0.1) is 19.8 Å². The van der Waals surface area contributed by atoms with Gasteiger partial charge in [0.05, 0.1) is 31.5 Å². The summed E-state index contributed by atoms with van der Waals surface area (Å²) in [7, 11) is 0. The van der Waals surface area contributed by atoms with E-state index in [1.165, 1.54) is 0 Å². The number of carbonyl (C=O) groups is 2. The zero-order chi connectivity index (χ0) is 24.2. The minimum atomic E-state index is -5.08. The third kappa shape index (κ3) is 5.84. The lowest BCUT2D eigenvalue weighted by Crippen LogP contribution is -2.66. The van der Waals surface area contributed by atoms with Crippen LogP contribution in [0.25, 0.3) is 0 Å². The van der Waals surface area contributed by atoms with Gasteiger partial charge in [-0.25, -0.2) is 4.79 Å². The number of nitrogens with zero attached hydrogens (tertiary/aromatic N) is 2. The van der Waals surface area contributed by atoms with Gasteiger partial charge in [0.25, 0.3) is 5.91 Å². The number of carboxylic acids is 1. The largest absolute Gasteiger partial charge is 0.492 e. The van der Waals surface area contributed by atoms with Crippen molar-refractivity contribution >= 4 is 11.9 Å². The number of hydrogen-bond acceptors (Lipinski definition) is 6. The molecule has 180 valence electrons. The highest BCUT2D eigenvalue weighted by Gasteiger charge is 2.54. The highest BCUT2D eigenvalue weighted by molar-refractivity contribution is 5.96. The van der Waals surface area contributed by atoms with Crippen molar-refractivity contribution in [2.24, 2.45) is 5.92 Å². The highest BCUT2D eigenvalue weighted by Crippen LogP contribution is 2.42. The second kappa shape index (κ2) is 9.82. The predicted octanol–water partition coefficient (Wildman–Crippen LogP) is 3.62. The molecule has 11 heteroatoms. The van der Waals surface area contributed by atoms with Crippen molar-refractivity contribution in [3.8, 4) is 5.75 Å². The maximum Gasteiger partial charge on any atom is 0.490 e. The summed E-state index contributed by atoms with van der Waals surface area (Å²) >= 11 is 0. The number of aromatic nitrogens is 1. The number of ether oxygens (including phenoxy) is 2. The van der Waals surface area contributed by atoms with E-state index in [-0.39, 0.29) is 11.5 Å². The topological polar surface area (TPSA) is 102 Å². The number of likely N-dealkylation sites (tertiary alicyclic amines) is 1. The average molecular weight is 470 g/mol. The van der Waals surface area contributed by atoms with Crippen LogP contribution in [0.5, 0.6) is 5.75 Å². The number of carboxylic acid groups (broad SMARTS) is 1. The van der Waals surface area contributed by atoms with Crippen molar-refractivity contribution in [2.45, 2.75) is 38.5 Å². The number of carbonyl (C=O) groups excluding carboxylic acids is 1. The normalized spacial score (nSPS) is 18.9. The van der Waals surface area contributed by atoms with Crippen LogP contribution in [-0.2, 0) is 9.53 Å². The molecule has 33 heavy (non-hydrogen) atoms. The van der Waals surface area contributed by atoms with Crippen LogP contribution in [-0.4, -0.2) is 64.9 Å². The fourth-order valence-corrected chi connectivity index (χ4v) is 4.05. The lowest BCUT2D eigenvalue weighted by molar-refractivity contribution is -0.192. The van der Waals surface area contributed by atoms with Crippen LogP contribution in [0.15, 0.2) is 35.0 Å². The van der Waals surface area contributed by atoms with E-state index in [0.717, 1.165) is 31.0 Å². The molecule has 4 rings (SSSR count). The minimum absolute atomic E-state index is 0.0332. The Hall–Kier alpha value is -3.08. The summed E-state index contributed by atoms with van der Waals surface area (Å²) in [6.07, 6.45) is 0.304. The number of pyridine rings is 1. The Kier molecular flexibility index (Phi) is 7.31. The van der Waals surface area contributed by atoms with Crippen LogP contribution in [0.2, 0.25) is 0 Å². The Morgan fingerprint density at radius 3 is 2.58 bits per heavy atom. The number of hydrogen-bond donors (Lipinski definition) is 1. The molecule has 0 saturated carbocycles. The Bertz CT molecular complexity index is 970. The van der Waals surface area contributed by atoms with Crippen LogP contribution >= 0.6 is 0 Å². The average Bonchev–Trinajstić information content (AvgIpc) is 3.29. The fraction of sp³-hybridized carbons (Fsp3) is 0.500. The molecule has 1 amide bonds. The van der Waals surface area contributed by atoms with E-state index in [4.69, 9.17) is 23.8 Å². The van der Waals surface area contributed by atoms with Crippen molar-refractivity contribution in [3.05, 3.63) is 47.7 Å². The van der Waals surface area contributed by atoms with Gasteiger partial charge >= 0.3 is 12.1 Å². The standard InChI is InChI=1S/C20H24N2O4.C2HF3O2/c1-14-10-18(15(2)26-14)19(23)22-12-20(13-22)16(6-9-25-20)5-8-24-17-4-3-7-21-11-17;3-2(4,5)1(6)7/h3-4,7,10-11,16H,5-6,8-9,12-13H2,1-2H3;(H,6,7). The number of amides is 1. The molecule has 1 N–H and O–H groups in total. The van der Waals surface area contributed by atoms with Gasteiger partial charge in [0.2, 0.25) is 0 Å². The Balaban J connectivity index is 0.000000383. The van der Waals surface area contributed by atoms with Gasteiger partial charge < -0.3 is 23.9 Å². The third-order valence-electron chi connectivity index (χ3n) is 5.69. The van der Waals surface area contributed by atoms with Gasteiger partial charge in [-0.15, -0.1) is 0 Å². The smallest absolute Gasteiger partial charge is 0.490 e. The molecule has 2 aromatic heterocycles. The maximum absolute atomic E-state index is 12.7. The quantitative estimate of drug-likeness (QED) is 0.712. The predicted molar refractivity (Wildman–Crippen MR) is 109 cm³/mol. The lowest BCUT2D eigenvalue weighted by Gasteiger charge is -2.50. The van der Waals surface area contributed by atoms with E-state index in [9.17, 15) is 18.0 Å². The number of rotatable bonds is 5. The number of halogens is 3. The van der Waals surface area contributed by atoms with E-state index in [1.807, 2.05) is 36.9 Å². The summed E-state index contributed by atoms with van der Waals surface area (Å²) < 4.78 is 49.1. The number of aryl methyl sites for hydroxylation is 2. The van der Waals surface area contributed by atoms with Gasteiger partial charge in [0.15, 0.2) is 0 Å². The highest BCUT2D eigenvalue weighted by atomic mass is 19.4. The van der Waals surface area contributed by atoms with Gasteiger partial charge in [0.1, 0.15) is 22.9 Å². The van der Waals surface area contributed by atoms with E-state index < -0.39 is 12.1 Å². The van der Waals surface area contributed by atoms with Crippen LogP contribution in [0.4, 0.5) is 13.2 Å². The van der Waals surface area contributed by atoms with Crippen LogP contribution in [0.1, 0.15) is 34.7 Å². The van der Waals surface area contributed by atoms with Crippen molar-refractivity contribution in [1.29, 1.82) is 0 Å². The first-order valence-corrected chi connectivity index (χ1v) is 10.3. The molecular formula is C22H25F3N2O6. The SMILES string of the molecule is Cc1cc(C(=O)N2CC3(C2)OCCC3CCOc2cccnc2)c(C)o1.O=C(O)C(F)(F)F. The molecule has 2 saturated heterocycles. The van der Waals surface area contributed by atoms with Gasteiger partial charge in [-0.3, -0.25) is 9.78 Å². The summed E-state index contributed by atoms with van der Waals surface area (Å²) in [6.45, 7) is 6.37. The van der Waals surface area contributed by atoms with E-state index >= 15 is 0 Å². The molecule has 1 spiro atoms. The molecule has 2 aliphatic rings. The fourth-order valence-electron chi connectivity index (χ4n) is 4.05. The van der Waals surface area contributed by atoms with Gasteiger partial charge in [-0.2, -0.15) is 13.2 Å². The molecule has 2 aliphatic heterocycles. The van der Waals surface area contributed by atoms with Crippen molar-refractivity contribution in [2.75, 3.05) is 26.3 Å². The van der Waals surface area contributed by atoms with Gasteiger partial charge in [-0.1, -0.05) is 0 Å². The molecule has 8 nitrogen and oxygen atoms in total. The lowest BCUT2D eigenvalue weighted by atomic mass is 9.79. The maximum atomic E-state index is 12.7. The van der Waals surface area contributed by atoms with E-state index in [2.05, 4.69) is 4.98 Å². The number of furan rings is 1. The van der Waals surface area contributed by atoms with Gasteiger partial charge in [-0.05, 0) is 50.8 Å². The Morgan fingerprint density at radius 1 is 1.33 bits per heavy atom. The third-order valence-corrected chi connectivity index (χ3v) is 5.69. The summed E-state index contributed by atoms with van der Waals surface area (Å²) in [4.78, 5) is 27.5. The van der Waals surface area contributed by atoms with E-state index in [1.54, 1.807) is 12.4 Å². The van der Waals surface area contributed by atoms with Crippen molar-refractivity contribution < 1.29 is 41.8 Å². The van der Waals surface area contributed by atoms with E-state index in [0.29, 0.717) is 36.9 Å². The molecule has 0 radical (unpaired) electrons. The Morgan fingerprint density at radius 2 is 2.03 bits per heavy atom. The summed E-state index contributed by atoms with van der Waals surface area (Å²) in [5.41, 5.74) is 0.451. The summed E-state index contributed by atoms with van der Waals surface area (Å²) in [6, 6.07) is 5.59. The first kappa shape index (κ1) is 24.6. The summed E-state index contributed by atoms with van der Waals surface area (Å²) in [5, 5.41) is 7.12. The first-order chi connectivity index (χ1) is 15.5. The zero-order valence-corrected chi connectivity index (χ0v) is 18.2. The second-order valence-electron chi connectivity index (χ2n) is 8.02. The van der Waals surface area contributed by atoms with Crippen molar-refractivity contribution in [1.82, 2.24) is 9.88 Å². The molecular weight excluding hydrogens is 445 g/mol. The number of aliphatic carboxylic acids is 1. The second-order valence-corrected chi connectivity index (χ2v) is 8.02. The number of alkyl halides is 3. The monoisotopic (exact) mass is 470 g/mol. The molecule has 2 aromatic rings.